The summed E-state index contributed by atoms with van der Waals surface area (Å²) in [5.74, 6) is 2.41. The minimum atomic E-state index is -0.383. The Labute approximate surface area is 213 Å². The number of carbonyl (C=O) groups excluding carboxylic acids is 1. The van der Waals surface area contributed by atoms with Crippen molar-refractivity contribution < 1.29 is 19.0 Å². The minimum Gasteiger partial charge on any atom is -0.493 e. The number of aromatic nitrogens is 4. The number of benzene rings is 2. The maximum atomic E-state index is 12.7. The lowest BCUT2D eigenvalue weighted by Gasteiger charge is -2.34. The lowest BCUT2D eigenvalue weighted by Crippen LogP contribution is -2.50. The van der Waals surface area contributed by atoms with Crippen LogP contribution in [0.25, 0.3) is 22.4 Å². The van der Waals surface area contributed by atoms with Gasteiger partial charge in [-0.3, -0.25) is 0 Å². The molecule has 1 amide bonds. The number of anilines is 2. The number of carbonyl (C=O) groups is 1. The first-order chi connectivity index (χ1) is 17.9. The second kappa shape index (κ2) is 10.1. The highest BCUT2D eigenvalue weighted by Gasteiger charge is 2.26. The van der Waals surface area contributed by atoms with Crippen molar-refractivity contribution in [1.82, 2.24) is 24.8 Å². The molecule has 0 spiro atoms. The summed E-state index contributed by atoms with van der Waals surface area (Å²) in [6.45, 7) is 3.95. The monoisotopic (exact) mass is 501 g/mol. The number of methoxy groups -OCH3 is 2. The Morgan fingerprint density at radius 2 is 1.65 bits per heavy atom. The van der Waals surface area contributed by atoms with E-state index in [1.54, 1.807) is 37.4 Å². The molecule has 2 aromatic carbocycles. The molecule has 190 valence electrons. The quantitative estimate of drug-likeness (QED) is 0.435. The van der Waals surface area contributed by atoms with Crippen molar-refractivity contribution in [3.63, 3.8) is 0 Å². The SMILES string of the molecule is COc1ccc(-c2cnc3nc(N)nc(N4CCN(C(=O)Oc5ccc(C)cc5)CC4)c3n2)cc1OC. The fraction of sp³-hybridized carbons (Fsp3) is 0.269. The molecular weight excluding hydrogens is 474 g/mol. The Hall–Kier alpha value is -4.67. The fourth-order valence-corrected chi connectivity index (χ4v) is 4.14. The highest BCUT2D eigenvalue weighted by Crippen LogP contribution is 2.33. The molecule has 0 atom stereocenters. The standard InChI is InChI=1S/C26H27N7O4/c1-16-4-7-18(8-5-16)37-26(34)33-12-10-32(11-13-33)24-22-23(30-25(27)31-24)28-15-19(29-22)17-6-9-20(35-2)21(14-17)36-3/h4-9,14-15H,10-13H2,1-3H3,(H2,27,28,30,31). The summed E-state index contributed by atoms with van der Waals surface area (Å²) >= 11 is 0. The van der Waals surface area contributed by atoms with Crippen molar-refractivity contribution in [3.05, 3.63) is 54.2 Å². The molecule has 1 aliphatic rings. The van der Waals surface area contributed by atoms with Gasteiger partial charge in [0.05, 0.1) is 26.1 Å². The molecule has 0 aliphatic carbocycles. The summed E-state index contributed by atoms with van der Waals surface area (Å²) in [5.41, 5.74) is 9.44. The number of nitrogens with two attached hydrogens (primary N) is 1. The van der Waals surface area contributed by atoms with Gasteiger partial charge in [0.15, 0.2) is 28.5 Å². The number of nitrogens with zero attached hydrogens (tertiary/aromatic N) is 6. The summed E-state index contributed by atoms with van der Waals surface area (Å²) in [6.07, 6.45) is 1.25. The Kier molecular flexibility index (Phi) is 6.59. The van der Waals surface area contributed by atoms with Gasteiger partial charge in [0.2, 0.25) is 5.95 Å². The van der Waals surface area contributed by atoms with Gasteiger partial charge in [-0.05, 0) is 37.3 Å². The van der Waals surface area contributed by atoms with Crippen LogP contribution in [0.5, 0.6) is 17.2 Å². The highest BCUT2D eigenvalue weighted by atomic mass is 16.6. The van der Waals surface area contributed by atoms with E-state index in [1.807, 2.05) is 42.2 Å². The number of aryl methyl sites for hydroxylation is 1. The van der Waals surface area contributed by atoms with E-state index in [9.17, 15) is 4.79 Å². The Balaban J connectivity index is 1.37. The molecule has 0 bridgehead atoms. The molecule has 0 radical (unpaired) electrons. The van der Waals surface area contributed by atoms with Crippen LogP contribution < -0.4 is 24.8 Å². The second-order valence-corrected chi connectivity index (χ2v) is 8.56. The topological polar surface area (TPSA) is 129 Å². The minimum absolute atomic E-state index is 0.108. The van der Waals surface area contributed by atoms with Crippen molar-refractivity contribution in [2.45, 2.75) is 6.92 Å². The van der Waals surface area contributed by atoms with Crippen molar-refractivity contribution in [2.75, 3.05) is 51.0 Å². The van der Waals surface area contributed by atoms with Crippen LogP contribution in [0.3, 0.4) is 0 Å². The van der Waals surface area contributed by atoms with E-state index in [4.69, 9.17) is 24.9 Å². The molecular formula is C26H27N7O4. The van der Waals surface area contributed by atoms with Crippen molar-refractivity contribution >= 4 is 29.0 Å². The van der Waals surface area contributed by atoms with Gasteiger partial charge in [-0.1, -0.05) is 17.7 Å². The fourth-order valence-electron chi connectivity index (χ4n) is 4.14. The van der Waals surface area contributed by atoms with E-state index in [2.05, 4.69) is 15.0 Å². The zero-order valence-electron chi connectivity index (χ0n) is 20.8. The van der Waals surface area contributed by atoms with Crippen molar-refractivity contribution in [2.24, 2.45) is 0 Å². The van der Waals surface area contributed by atoms with Crippen molar-refractivity contribution in [1.29, 1.82) is 0 Å². The van der Waals surface area contributed by atoms with E-state index in [1.165, 1.54) is 0 Å². The van der Waals surface area contributed by atoms with Crippen LogP contribution in [-0.4, -0.2) is 71.3 Å². The number of piperazine rings is 1. The lowest BCUT2D eigenvalue weighted by molar-refractivity contribution is 0.149. The molecule has 1 fully saturated rings. The predicted molar refractivity (Wildman–Crippen MR) is 139 cm³/mol. The zero-order chi connectivity index (χ0) is 25.9. The molecule has 0 saturated carbocycles. The van der Waals surface area contributed by atoms with Crippen molar-refractivity contribution in [3.8, 4) is 28.5 Å². The van der Waals surface area contributed by atoms with Gasteiger partial charge in [-0.25, -0.2) is 14.8 Å². The van der Waals surface area contributed by atoms with E-state index < -0.39 is 0 Å². The summed E-state index contributed by atoms with van der Waals surface area (Å²) < 4.78 is 16.3. The molecule has 0 unspecified atom stereocenters. The van der Waals surface area contributed by atoms with Crippen LogP contribution in [-0.2, 0) is 0 Å². The molecule has 11 heteroatoms. The largest absolute Gasteiger partial charge is 0.493 e. The first-order valence-electron chi connectivity index (χ1n) is 11.8. The number of hydrogen-bond acceptors (Lipinski definition) is 10. The van der Waals surface area contributed by atoms with Gasteiger partial charge in [-0.15, -0.1) is 0 Å². The average molecular weight is 502 g/mol. The Morgan fingerprint density at radius 3 is 2.35 bits per heavy atom. The number of rotatable bonds is 5. The molecule has 1 saturated heterocycles. The van der Waals surface area contributed by atoms with E-state index in [0.29, 0.717) is 66.1 Å². The maximum Gasteiger partial charge on any atom is 0.415 e. The first kappa shape index (κ1) is 24.0. The van der Waals surface area contributed by atoms with Crippen LogP contribution in [0, 0.1) is 6.92 Å². The second-order valence-electron chi connectivity index (χ2n) is 8.56. The Morgan fingerprint density at radius 1 is 0.919 bits per heavy atom. The number of amides is 1. The smallest absolute Gasteiger partial charge is 0.415 e. The first-order valence-corrected chi connectivity index (χ1v) is 11.8. The molecule has 37 heavy (non-hydrogen) atoms. The van der Waals surface area contributed by atoms with Gasteiger partial charge in [0.1, 0.15) is 5.75 Å². The molecule has 2 aromatic heterocycles. The number of fused-ring (bicyclic) bond motifs is 1. The predicted octanol–water partition coefficient (Wildman–Crippen LogP) is 3.32. The maximum absolute atomic E-state index is 12.7. The van der Waals surface area contributed by atoms with E-state index in [-0.39, 0.29) is 12.0 Å². The Bertz CT molecular complexity index is 1440. The van der Waals surface area contributed by atoms with Crippen LogP contribution in [0.2, 0.25) is 0 Å². The molecule has 5 rings (SSSR count). The number of hydrogen-bond donors (Lipinski definition) is 1. The highest BCUT2D eigenvalue weighted by molar-refractivity contribution is 5.86. The van der Waals surface area contributed by atoms with Gasteiger partial charge in [-0.2, -0.15) is 9.97 Å². The van der Waals surface area contributed by atoms with Crippen LogP contribution in [0.15, 0.2) is 48.7 Å². The third-order valence-electron chi connectivity index (χ3n) is 6.15. The van der Waals surface area contributed by atoms with Gasteiger partial charge < -0.3 is 29.7 Å². The molecule has 4 aromatic rings. The third-order valence-corrected chi connectivity index (χ3v) is 6.15. The van der Waals surface area contributed by atoms with Crippen LogP contribution in [0.1, 0.15) is 5.56 Å². The van der Waals surface area contributed by atoms with Crippen LogP contribution in [0.4, 0.5) is 16.6 Å². The molecule has 3 heterocycles. The zero-order valence-corrected chi connectivity index (χ0v) is 20.8. The molecule has 11 nitrogen and oxygen atoms in total. The summed E-state index contributed by atoms with van der Waals surface area (Å²) in [5, 5.41) is 0. The molecule has 2 N–H and O–H groups in total. The normalized spacial score (nSPS) is 13.5. The third kappa shape index (κ3) is 5.01. The van der Waals surface area contributed by atoms with E-state index in [0.717, 1.165) is 11.1 Å². The number of nitrogen functional groups attached to an aromatic ring is 1. The average Bonchev–Trinajstić information content (AvgIpc) is 2.93. The van der Waals surface area contributed by atoms with Gasteiger partial charge in [0, 0.05) is 31.7 Å². The summed E-state index contributed by atoms with van der Waals surface area (Å²) in [4.78, 5) is 34.4. The summed E-state index contributed by atoms with van der Waals surface area (Å²) in [7, 11) is 3.17. The lowest BCUT2D eigenvalue weighted by atomic mass is 10.1. The van der Waals surface area contributed by atoms with E-state index >= 15 is 0 Å². The van der Waals surface area contributed by atoms with Gasteiger partial charge >= 0.3 is 6.09 Å². The molecule has 1 aliphatic heterocycles. The number of ether oxygens (including phenoxy) is 3. The van der Waals surface area contributed by atoms with Crippen LogP contribution >= 0.6 is 0 Å². The summed E-state index contributed by atoms with van der Waals surface area (Å²) in [6, 6.07) is 12.9. The van der Waals surface area contributed by atoms with Gasteiger partial charge in [0.25, 0.3) is 0 Å².